The van der Waals surface area contributed by atoms with E-state index in [2.05, 4.69) is 19.9 Å². The fraction of sp³-hybridized carbons (Fsp3) is 0.294. The number of aromatic amines is 3. The van der Waals surface area contributed by atoms with Crippen LogP contribution in [0, 0.1) is 0 Å². The first-order chi connectivity index (χ1) is 12.1. The number of carbonyl (C=O) groups excluding carboxylic acids is 1. The minimum absolute atomic E-state index is 0.0924. The molecule has 25 heavy (non-hydrogen) atoms. The lowest BCUT2D eigenvalue weighted by atomic mass is 9.96. The first-order valence-corrected chi connectivity index (χ1v) is 8.17. The second-order valence-electron chi connectivity index (χ2n) is 6.23. The molecule has 0 radical (unpaired) electrons. The minimum Gasteiger partial charge on any atom is -0.348 e. The highest BCUT2D eigenvalue weighted by Gasteiger charge is 2.26. The standard InChI is InChI=1S/C17H17N5O3/c23-15-16(24)21-13-8-10(3-4-12(13)20-15)17(25)22-7-1-2-11(9-22)14-18-5-6-19-14/h3-6,8,11H,1-2,7,9H2,(H,18,19)(H,20,23)(H,21,24)/t11-/m0/s1. The Morgan fingerprint density at radius 1 is 1.16 bits per heavy atom. The van der Waals surface area contributed by atoms with E-state index in [1.54, 1.807) is 30.6 Å². The third kappa shape index (κ3) is 2.86. The number of hydrogen-bond donors (Lipinski definition) is 3. The van der Waals surface area contributed by atoms with Gasteiger partial charge in [0.1, 0.15) is 5.82 Å². The van der Waals surface area contributed by atoms with Crippen LogP contribution in [0.2, 0.25) is 0 Å². The van der Waals surface area contributed by atoms with Gasteiger partial charge in [0.2, 0.25) is 0 Å². The predicted octanol–water partition coefficient (Wildman–Crippen LogP) is 0.959. The SMILES string of the molecule is O=C(c1ccc2[nH]c(=O)c(=O)[nH]c2c1)N1CCC[C@H](c2ncc[nH]2)C1. The molecule has 3 heterocycles. The molecular formula is C17H17N5O3. The fourth-order valence-electron chi connectivity index (χ4n) is 3.32. The third-order valence-corrected chi connectivity index (χ3v) is 4.58. The number of nitrogens with one attached hydrogen (secondary N) is 3. The van der Waals surface area contributed by atoms with Gasteiger partial charge >= 0.3 is 11.1 Å². The van der Waals surface area contributed by atoms with Crippen molar-refractivity contribution in [3.63, 3.8) is 0 Å². The highest BCUT2D eigenvalue weighted by Crippen LogP contribution is 2.25. The number of nitrogens with zero attached hydrogens (tertiary/aromatic N) is 2. The molecule has 0 spiro atoms. The van der Waals surface area contributed by atoms with Gasteiger partial charge in [0.25, 0.3) is 5.91 Å². The number of aromatic nitrogens is 4. The quantitative estimate of drug-likeness (QED) is 0.603. The number of amides is 1. The maximum atomic E-state index is 12.8. The molecule has 8 heteroatoms. The number of benzene rings is 1. The molecule has 0 unspecified atom stereocenters. The average molecular weight is 339 g/mol. The van der Waals surface area contributed by atoms with E-state index >= 15 is 0 Å². The van der Waals surface area contributed by atoms with Crippen LogP contribution in [0.4, 0.5) is 0 Å². The van der Waals surface area contributed by atoms with Crippen molar-refractivity contribution in [3.8, 4) is 0 Å². The Morgan fingerprint density at radius 3 is 2.72 bits per heavy atom. The molecule has 1 amide bonds. The fourth-order valence-corrected chi connectivity index (χ4v) is 3.32. The third-order valence-electron chi connectivity index (χ3n) is 4.58. The van der Waals surface area contributed by atoms with Gasteiger partial charge in [-0.15, -0.1) is 0 Å². The number of H-pyrrole nitrogens is 3. The Kier molecular flexibility index (Phi) is 3.72. The summed E-state index contributed by atoms with van der Waals surface area (Å²) in [4.78, 5) is 49.9. The summed E-state index contributed by atoms with van der Waals surface area (Å²) in [6.45, 7) is 1.29. The highest BCUT2D eigenvalue weighted by molar-refractivity contribution is 5.97. The molecular weight excluding hydrogens is 322 g/mol. The van der Waals surface area contributed by atoms with Crippen molar-refractivity contribution in [2.24, 2.45) is 0 Å². The summed E-state index contributed by atoms with van der Waals surface area (Å²) < 4.78 is 0. The summed E-state index contributed by atoms with van der Waals surface area (Å²) in [5, 5.41) is 0. The second-order valence-corrected chi connectivity index (χ2v) is 6.23. The lowest BCUT2D eigenvalue weighted by Gasteiger charge is -2.32. The number of rotatable bonds is 2. The van der Waals surface area contributed by atoms with Crippen molar-refractivity contribution in [1.82, 2.24) is 24.8 Å². The summed E-state index contributed by atoms with van der Waals surface area (Å²) in [6.07, 6.45) is 5.41. The van der Waals surface area contributed by atoms with E-state index in [1.165, 1.54) is 0 Å². The van der Waals surface area contributed by atoms with Crippen LogP contribution in [0.5, 0.6) is 0 Å². The molecule has 1 atom stereocenters. The Morgan fingerprint density at radius 2 is 1.96 bits per heavy atom. The van der Waals surface area contributed by atoms with Crippen LogP contribution in [0.3, 0.4) is 0 Å². The zero-order valence-corrected chi connectivity index (χ0v) is 13.4. The number of imidazole rings is 1. The molecule has 1 saturated heterocycles. The Hall–Kier alpha value is -3.16. The van der Waals surface area contributed by atoms with Crippen molar-refractivity contribution in [2.45, 2.75) is 18.8 Å². The maximum Gasteiger partial charge on any atom is 0.314 e. The van der Waals surface area contributed by atoms with Crippen LogP contribution < -0.4 is 11.1 Å². The van der Waals surface area contributed by atoms with E-state index in [0.717, 1.165) is 18.7 Å². The van der Waals surface area contributed by atoms with Gasteiger partial charge in [-0.1, -0.05) is 0 Å². The Bertz CT molecular complexity index is 1030. The molecule has 8 nitrogen and oxygen atoms in total. The van der Waals surface area contributed by atoms with E-state index in [0.29, 0.717) is 29.7 Å². The number of carbonyl (C=O) groups is 1. The smallest absolute Gasteiger partial charge is 0.314 e. The molecule has 1 aliphatic heterocycles. The van der Waals surface area contributed by atoms with Crippen molar-refractivity contribution in [1.29, 1.82) is 0 Å². The van der Waals surface area contributed by atoms with Gasteiger partial charge < -0.3 is 19.9 Å². The van der Waals surface area contributed by atoms with Gasteiger partial charge in [-0.25, -0.2) is 4.98 Å². The molecule has 1 aliphatic rings. The highest BCUT2D eigenvalue weighted by atomic mass is 16.2. The van der Waals surface area contributed by atoms with Crippen LogP contribution in [0.15, 0.2) is 40.2 Å². The first-order valence-electron chi connectivity index (χ1n) is 8.17. The molecule has 128 valence electrons. The zero-order chi connectivity index (χ0) is 17.4. The summed E-state index contributed by atoms with van der Waals surface area (Å²) >= 11 is 0. The van der Waals surface area contributed by atoms with Gasteiger partial charge in [-0.3, -0.25) is 14.4 Å². The minimum atomic E-state index is -0.729. The topological polar surface area (TPSA) is 115 Å². The Balaban J connectivity index is 1.61. The largest absolute Gasteiger partial charge is 0.348 e. The van der Waals surface area contributed by atoms with Gasteiger partial charge in [-0.05, 0) is 31.0 Å². The lowest BCUT2D eigenvalue weighted by Crippen LogP contribution is -2.39. The van der Waals surface area contributed by atoms with Gasteiger partial charge in [0.15, 0.2) is 0 Å². The van der Waals surface area contributed by atoms with Crippen molar-refractivity contribution in [2.75, 3.05) is 13.1 Å². The van der Waals surface area contributed by atoms with Crippen LogP contribution in [0.25, 0.3) is 11.0 Å². The normalized spacial score (nSPS) is 17.8. The molecule has 0 bridgehead atoms. The van der Waals surface area contributed by atoms with Crippen molar-refractivity contribution in [3.05, 3.63) is 62.7 Å². The summed E-state index contributed by atoms with van der Waals surface area (Å²) in [6, 6.07) is 4.90. The van der Waals surface area contributed by atoms with Crippen LogP contribution in [-0.2, 0) is 0 Å². The average Bonchev–Trinajstić information content (AvgIpc) is 3.16. The molecule has 1 aromatic carbocycles. The molecule has 4 rings (SSSR count). The summed E-state index contributed by atoms with van der Waals surface area (Å²) in [5.41, 5.74) is -0.0181. The number of piperidine rings is 1. The molecule has 2 aromatic heterocycles. The van der Waals surface area contributed by atoms with E-state index in [-0.39, 0.29) is 11.8 Å². The van der Waals surface area contributed by atoms with Crippen molar-refractivity contribution < 1.29 is 4.79 Å². The molecule has 0 aliphatic carbocycles. The van der Waals surface area contributed by atoms with Crippen LogP contribution >= 0.6 is 0 Å². The molecule has 3 N–H and O–H groups in total. The molecule has 0 saturated carbocycles. The monoisotopic (exact) mass is 339 g/mol. The van der Waals surface area contributed by atoms with Crippen LogP contribution in [0.1, 0.15) is 34.9 Å². The number of hydrogen-bond acceptors (Lipinski definition) is 4. The summed E-state index contributed by atoms with van der Waals surface area (Å²) in [5.74, 6) is 1.01. The van der Waals surface area contributed by atoms with E-state index < -0.39 is 11.1 Å². The number of likely N-dealkylation sites (tertiary alicyclic amines) is 1. The second kappa shape index (κ2) is 6.04. The molecule has 1 fully saturated rings. The first kappa shape index (κ1) is 15.4. The summed E-state index contributed by atoms with van der Waals surface area (Å²) in [7, 11) is 0. The van der Waals surface area contributed by atoms with E-state index in [1.807, 2.05) is 4.90 Å². The van der Waals surface area contributed by atoms with Gasteiger partial charge in [0.05, 0.1) is 11.0 Å². The van der Waals surface area contributed by atoms with E-state index in [9.17, 15) is 14.4 Å². The predicted molar refractivity (Wildman–Crippen MR) is 91.7 cm³/mol. The van der Waals surface area contributed by atoms with Crippen molar-refractivity contribution >= 4 is 16.9 Å². The number of fused-ring (bicyclic) bond motifs is 1. The zero-order valence-electron chi connectivity index (χ0n) is 13.4. The lowest BCUT2D eigenvalue weighted by molar-refractivity contribution is 0.0705. The molecule has 3 aromatic rings. The van der Waals surface area contributed by atoms with Crippen LogP contribution in [-0.4, -0.2) is 43.8 Å². The van der Waals surface area contributed by atoms with Gasteiger partial charge in [-0.2, -0.15) is 0 Å². The van der Waals surface area contributed by atoms with E-state index in [4.69, 9.17) is 0 Å². The maximum absolute atomic E-state index is 12.8. The Labute approximate surface area is 141 Å². The van der Waals surface area contributed by atoms with Gasteiger partial charge in [0, 0.05) is 37.0 Å².